The molecule has 0 aliphatic carbocycles. The van der Waals surface area contributed by atoms with E-state index < -0.39 is 0 Å². The Morgan fingerprint density at radius 1 is 1.16 bits per heavy atom. The molecule has 3 atom stereocenters. The first-order valence-corrected chi connectivity index (χ1v) is 7.51. The van der Waals surface area contributed by atoms with Gasteiger partial charge in [0.1, 0.15) is 0 Å². The molecule has 2 heteroatoms. The van der Waals surface area contributed by atoms with Crippen molar-refractivity contribution in [3.63, 3.8) is 0 Å². The van der Waals surface area contributed by atoms with E-state index in [0.29, 0.717) is 17.9 Å². The summed E-state index contributed by atoms with van der Waals surface area (Å²) in [6, 6.07) is 11.2. The molecule has 1 rings (SSSR count). The van der Waals surface area contributed by atoms with Crippen LogP contribution in [0.15, 0.2) is 30.3 Å². The van der Waals surface area contributed by atoms with Gasteiger partial charge in [0.05, 0.1) is 6.61 Å². The van der Waals surface area contributed by atoms with E-state index in [1.807, 2.05) is 0 Å². The van der Waals surface area contributed by atoms with E-state index in [9.17, 15) is 0 Å². The number of nitrogens with one attached hydrogen (secondary N) is 1. The minimum atomic E-state index is 0.391. The van der Waals surface area contributed by atoms with Crippen LogP contribution < -0.4 is 5.32 Å². The maximum atomic E-state index is 5.44. The number of ether oxygens (including phenoxy) is 1. The summed E-state index contributed by atoms with van der Waals surface area (Å²) in [5, 5.41) is 3.66. The quantitative estimate of drug-likeness (QED) is 0.731. The zero-order chi connectivity index (χ0) is 14.1. The van der Waals surface area contributed by atoms with E-state index in [-0.39, 0.29) is 0 Å². The van der Waals surface area contributed by atoms with Crippen molar-refractivity contribution < 1.29 is 4.74 Å². The van der Waals surface area contributed by atoms with Gasteiger partial charge in [0, 0.05) is 19.1 Å². The Balaban J connectivity index is 2.92. The zero-order valence-corrected chi connectivity index (χ0v) is 12.9. The predicted octanol–water partition coefficient (Wildman–Crippen LogP) is 3.83. The summed E-state index contributed by atoms with van der Waals surface area (Å²) in [5.74, 6) is 1.16. The van der Waals surface area contributed by atoms with Crippen LogP contribution in [0, 0.1) is 5.92 Å². The average Bonchev–Trinajstić information content (AvgIpc) is 2.46. The Morgan fingerprint density at radius 2 is 1.84 bits per heavy atom. The molecule has 1 aromatic carbocycles. The minimum absolute atomic E-state index is 0.391. The van der Waals surface area contributed by atoms with E-state index in [1.165, 1.54) is 12.0 Å². The lowest BCUT2D eigenvalue weighted by Gasteiger charge is -2.32. The Hall–Kier alpha value is -0.860. The Labute approximate surface area is 118 Å². The van der Waals surface area contributed by atoms with Crippen molar-refractivity contribution in [1.82, 2.24) is 5.32 Å². The highest BCUT2D eigenvalue weighted by Gasteiger charge is 2.26. The summed E-state index contributed by atoms with van der Waals surface area (Å²) in [6.07, 6.45) is 2.34. The maximum Gasteiger partial charge on any atom is 0.0621 e. The number of hydrogen-bond donors (Lipinski definition) is 1. The molecule has 0 aliphatic heterocycles. The zero-order valence-electron chi connectivity index (χ0n) is 12.9. The first kappa shape index (κ1) is 16.2. The highest BCUT2D eigenvalue weighted by atomic mass is 16.5. The molecular formula is C17H29NO. The fraction of sp³-hybridized carbons (Fsp3) is 0.647. The van der Waals surface area contributed by atoms with Crippen LogP contribution in [0.4, 0.5) is 0 Å². The van der Waals surface area contributed by atoms with Crippen molar-refractivity contribution in [3.8, 4) is 0 Å². The molecule has 0 saturated heterocycles. The third kappa shape index (κ3) is 4.96. The van der Waals surface area contributed by atoms with Crippen LogP contribution in [0.1, 0.15) is 45.1 Å². The first-order valence-electron chi connectivity index (χ1n) is 7.51. The lowest BCUT2D eigenvalue weighted by molar-refractivity contribution is 0.142. The molecule has 0 aromatic heterocycles. The molecule has 0 saturated carbocycles. The van der Waals surface area contributed by atoms with Crippen molar-refractivity contribution >= 4 is 0 Å². The van der Waals surface area contributed by atoms with E-state index in [2.05, 4.69) is 56.4 Å². The van der Waals surface area contributed by atoms with Crippen LogP contribution >= 0.6 is 0 Å². The molecule has 0 fully saturated rings. The van der Waals surface area contributed by atoms with Gasteiger partial charge < -0.3 is 10.1 Å². The molecule has 108 valence electrons. The second-order valence-corrected chi connectivity index (χ2v) is 5.34. The SMILES string of the molecule is CCCNC(COC)C(c1ccccc1)C(C)CC. The maximum absolute atomic E-state index is 5.44. The summed E-state index contributed by atoms with van der Waals surface area (Å²) < 4.78 is 5.44. The monoisotopic (exact) mass is 263 g/mol. The van der Waals surface area contributed by atoms with E-state index in [4.69, 9.17) is 4.74 Å². The fourth-order valence-corrected chi connectivity index (χ4v) is 2.69. The van der Waals surface area contributed by atoms with Gasteiger partial charge in [-0.05, 0) is 24.4 Å². The molecular weight excluding hydrogens is 234 g/mol. The summed E-state index contributed by atoms with van der Waals surface area (Å²) in [6.45, 7) is 8.63. The molecule has 0 spiro atoms. The van der Waals surface area contributed by atoms with Gasteiger partial charge >= 0.3 is 0 Å². The molecule has 2 nitrogen and oxygen atoms in total. The summed E-state index contributed by atoms with van der Waals surface area (Å²) in [7, 11) is 1.79. The molecule has 0 radical (unpaired) electrons. The van der Waals surface area contributed by atoms with Crippen molar-refractivity contribution in [2.45, 2.75) is 45.6 Å². The highest BCUT2D eigenvalue weighted by Crippen LogP contribution is 2.30. The van der Waals surface area contributed by atoms with Gasteiger partial charge in [-0.2, -0.15) is 0 Å². The second kappa shape index (κ2) is 9.11. The largest absolute Gasteiger partial charge is 0.383 e. The molecule has 19 heavy (non-hydrogen) atoms. The lowest BCUT2D eigenvalue weighted by Crippen LogP contribution is -2.41. The van der Waals surface area contributed by atoms with Crippen LogP contribution in [0.5, 0.6) is 0 Å². The Bertz CT molecular complexity index is 325. The molecule has 3 unspecified atom stereocenters. The van der Waals surface area contributed by atoms with Crippen molar-refractivity contribution in [2.24, 2.45) is 5.92 Å². The van der Waals surface area contributed by atoms with Gasteiger partial charge in [-0.25, -0.2) is 0 Å². The molecule has 0 amide bonds. The number of hydrogen-bond acceptors (Lipinski definition) is 2. The molecule has 0 heterocycles. The standard InChI is InChI=1S/C17H29NO/c1-5-12-18-16(13-19-4)17(14(3)6-2)15-10-8-7-9-11-15/h7-11,14,16-18H,5-6,12-13H2,1-4H3. The van der Waals surface area contributed by atoms with Gasteiger partial charge in [0.15, 0.2) is 0 Å². The molecule has 0 aliphatic rings. The van der Waals surface area contributed by atoms with Crippen LogP contribution in [-0.2, 0) is 4.74 Å². The molecule has 0 bridgehead atoms. The predicted molar refractivity (Wildman–Crippen MR) is 82.6 cm³/mol. The van der Waals surface area contributed by atoms with Crippen LogP contribution in [0.2, 0.25) is 0 Å². The number of methoxy groups -OCH3 is 1. The van der Waals surface area contributed by atoms with Crippen molar-refractivity contribution in [1.29, 1.82) is 0 Å². The topological polar surface area (TPSA) is 21.3 Å². The highest BCUT2D eigenvalue weighted by molar-refractivity contribution is 5.22. The van der Waals surface area contributed by atoms with Gasteiger partial charge in [0.2, 0.25) is 0 Å². The van der Waals surface area contributed by atoms with Gasteiger partial charge in [-0.3, -0.25) is 0 Å². The van der Waals surface area contributed by atoms with Crippen LogP contribution in [0.25, 0.3) is 0 Å². The minimum Gasteiger partial charge on any atom is -0.383 e. The van der Waals surface area contributed by atoms with E-state index >= 15 is 0 Å². The Morgan fingerprint density at radius 3 is 2.37 bits per heavy atom. The second-order valence-electron chi connectivity index (χ2n) is 5.34. The number of rotatable bonds is 9. The average molecular weight is 263 g/mol. The Kier molecular flexibility index (Phi) is 7.76. The first-order chi connectivity index (χ1) is 9.24. The van der Waals surface area contributed by atoms with Gasteiger partial charge in [-0.1, -0.05) is 57.5 Å². The smallest absolute Gasteiger partial charge is 0.0621 e. The van der Waals surface area contributed by atoms with E-state index in [0.717, 1.165) is 19.6 Å². The number of benzene rings is 1. The molecule has 1 aromatic rings. The van der Waals surface area contributed by atoms with Crippen molar-refractivity contribution in [2.75, 3.05) is 20.3 Å². The lowest BCUT2D eigenvalue weighted by atomic mass is 9.80. The summed E-state index contributed by atoms with van der Waals surface area (Å²) in [4.78, 5) is 0. The van der Waals surface area contributed by atoms with Crippen molar-refractivity contribution in [3.05, 3.63) is 35.9 Å². The van der Waals surface area contributed by atoms with Gasteiger partial charge in [0.25, 0.3) is 0 Å². The van der Waals surface area contributed by atoms with Gasteiger partial charge in [-0.15, -0.1) is 0 Å². The molecule has 1 N–H and O–H groups in total. The third-order valence-electron chi connectivity index (χ3n) is 3.88. The fourth-order valence-electron chi connectivity index (χ4n) is 2.69. The summed E-state index contributed by atoms with van der Waals surface area (Å²) in [5.41, 5.74) is 1.42. The normalized spacial score (nSPS) is 16.0. The van der Waals surface area contributed by atoms with Crippen LogP contribution in [-0.4, -0.2) is 26.3 Å². The summed E-state index contributed by atoms with van der Waals surface area (Å²) >= 11 is 0. The third-order valence-corrected chi connectivity index (χ3v) is 3.88. The van der Waals surface area contributed by atoms with Crippen LogP contribution in [0.3, 0.4) is 0 Å². The van der Waals surface area contributed by atoms with E-state index in [1.54, 1.807) is 7.11 Å².